The molecule has 0 aliphatic rings. The molecule has 1 unspecified atom stereocenters. The molecule has 0 aliphatic carbocycles. The van der Waals surface area contributed by atoms with Gasteiger partial charge in [-0.2, -0.15) is 0 Å². The number of aryl methyl sites for hydroxylation is 2. The van der Waals surface area contributed by atoms with Crippen LogP contribution in [0.15, 0.2) is 11.0 Å². The van der Waals surface area contributed by atoms with Crippen molar-refractivity contribution in [3.63, 3.8) is 0 Å². The highest BCUT2D eigenvalue weighted by Gasteiger charge is 2.16. The summed E-state index contributed by atoms with van der Waals surface area (Å²) in [5.74, 6) is -0.940. The molecule has 88 valence electrons. The maximum absolute atomic E-state index is 11.2. The van der Waals surface area contributed by atoms with E-state index in [2.05, 4.69) is 0 Å². The van der Waals surface area contributed by atoms with Gasteiger partial charge in [0, 0.05) is 0 Å². The number of carboxylic acids is 1. The van der Waals surface area contributed by atoms with Crippen molar-refractivity contribution in [3.05, 3.63) is 28.3 Å². The van der Waals surface area contributed by atoms with Crippen molar-refractivity contribution in [1.29, 1.82) is 0 Å². The summed E-state index contributed by atoms with van der Waals surface area (Å²) in [6.07, 6.45) is -0.123. The molecule has 5 heteroatoms. The van der Waals surface area contributed by atoms with Crippen LogP contribution in [0.4, 0.5) is 0 Å². The molecule has 2 N–H and O–H groups in total. The zero-order chi connectivity index (χ0) is 12.5. The zero-order valence-electron chi connectivity index (χ0n) is 9.40. The highest BCUT2D eigenvalue weighted by molar-refractivity contribution is 7.79. The topological polar surface area (TPSA) is 74.6 Å². The SMILES string of the molecule is Cc1cc(C)c(S(=O)O)c(C)c1CC(=O)O. The Kier molecular flexibility index (Phi) is 3.83. The van der Waals surface area contributed by atoms with Crippen molar-refractivity contribution in [2.45, 2.75) is 32.1 Å². The van der Waals surface area contributed by atoms with Gasteiger partial charge in [0.1, 0.15) is 0 Å². The van der Waals surface area contributed by atoms with Crippen LogP contribution in [0.5, 0.6) is 0 Å². The third kappa shape index (κ3) is 2.48. The minimum Gasteiger partial charge on any atom is -0.481 e. The molecule has 1 aromatic carbocycles. The van der Waals surface area contributed by atoms with Gasteiger partial charge in [-0.3, -0.25) is 4.79 Å². The molecule has 1 rings (SSSR count). The van der Waals surface area contributed by atoms with Gasteiger partial charge < -0.3 is 9.66 Å². The number of aliphatic carboxylic acids is 1. The number of benzene rings is 1. The molecule has 0 bridgehead atoms. The predicted octanol–water partition coefficient (Wildman–Crippen LogP) is 1.82. The maximum Gasteiger partial charge on any atom is 0.307 e. The summed E-state index contributed by atoms with van der Waals surface area (Å²) in [4.78, 5) is 11.0. The first-order valence-electron chi connectivity index (χ1n) is 4.77. The quantitative estimate of drug-likeness (QED) is 0.793. The van der Waals surface area contributed by atoms with Crippen LogP contribution in [-0.2, 0) is 22.3 Å². The van der Waals surface area contributed by atoms with Crippen molar-refractivity contribution in [3.8, 4) is 0 Å². The summed E-state index contributed by atoms with van der Waals surface area (Å²) in [5.41, 5.74) is 2.77. The molecule has 0 saturated heterocycles. The highest BCUT2D eigenvalue weighted by atomic mass is 32.2. The molecular formula is C11H14O4S. The number of rotatable bonds is 3. The van der Waals surface area contributed by atoms with Crippen LogP contribution in [0.2, 0.25) is 0 Å². The van der Waals surface area contributed by atoms with Crippen LogP contribution in [0.25, 0.3) is 0 Å². The van der Waals surface area contributed by atoms with Gasteiger partial charge in [0.25, 0.3) is 0 Å². The van der Waals surface area contributed by atoms with Gasteiger partial charge in [0.2, 0.25) is 0 Å². The third-order valence-electron chi connectivity index (χ3n) is 2.56. The lowest BCUT2D eigenvalue weighted by atomic mass is 9.97. The van der Waals surface area contributed by atoms with E-state index in [1.807, 2.05) is 6.92 Å². The summed E-state index contributed by atoms with van der Waals surface area (Å²) in [7, 11) is 0. The van der Waals surface area contributed by atoms with Gasteiger partial charge in [-0.05, 0) is 43.0 Å². The normalized spacial score (nSPS) is 12.5. The molecule has 0 saturated carbocycles. The molecule has 0 radical (unpaired) electrons. The van der Waals surface area contributed by atoms with E-state index in [0.717, 1.165) is 5.56 Å². The van der Waals surface area contributed by atoms with Crippen LogP contribution < -0.4 is 0 Å². The molecule has 1 atom stereocenters. The van der Waals surface area contributed by atoms with Crippen molar-refractivity contribution in [2.75, 3.05) is 0 Å². The average Bonchev–Trinajstić information content (AvgIpc) is 2.10. The van der Waals surface area contributed by atoms with E-state index in [9.17, 15) is 9.00 Å². The second-order valence-corrected chi connectivity index (χ2v) is 4.67. The minimum atomic E-state index is -2.08. The van der Waals surface area contributed by atoms with Gasteiger partial charge in [0.05, 0.1) is 11.3 Å². The molecule has 0 amide bonds. The van der Waals surface area contributed by atoms with Crippen molar-refractivity contribution >= 4 is 17.0 Å². The fourth-order valence-electron chi connectivity index (χ4n) is 1.90. The van der Waals surface area contributed by atoms with Gasteiger partial charge >= 0.3 is 5.97 Å². The van der Waals surface area contributed by atoms with Crippen molar-refractivity contribution < 1.29 is 18.7 Å². The summed E-state index contributed by atoms with van der Waals surface area (Å²) >= 11 is -2.08. The van der Waals surface area contributed by atoms with Crippen LogP contribution in [0.3, 0.4) is 0 Å². The Bertz CT molecular complexity index is 466. The van der Waals surface area contributed by atoms with E-state index in [-0.39, 0.29) is 6.42 Å². The minimum absolute atomic E-state index is 0.123. The van der Waals surface area contributed by atoms with Crippen molar-refractivity contribution in [2.24, 2.45) is 0 Å². The van der Waals surface area contributed by atoms with Gasteiger partial charge in [-0.15, -0.1) is 0 Å². The Morgan fingerprint density at radius 1 is 1.31 bits per heavy atom. The number of hydrogen-bond donors (Lipinski definition) is 2. The van der Waals surface area contributed by atoms with E-state index in [1.54, 1.807) is 19.9 Å². The third-order valence-corrected chi connectivity index (χ3v) is 3.54. The first kappa shape index (κ1) is 12.9. The Morgan fingerprint density at radius 3 is 2.31 bits per heavy atom. The van der Waals surface area contributed by atoms with Crippen molar-refractivity contribution in [1.82, 2.24) is 0 Å². The molecule has 0 aliphatic heterocycles. The molecule has 0 spiro atoms. The van der Waals surface area contributed by atoms with E-state index >= 15 is 0 Å². The largest absolute Gasteiger partial charge is 0.481 e. The van der Waals surface area contributed by atoms with Gasteiger partial charge in [0.15, 0.2) is 11.1 Å². The molecular weight excluding hydrogens is 228 g/mol. The standard InChI is InChI=1S/C11H14O4S/c1-6-4-7(2)11(16(14)15)8(3)9(6)5-10(12)13/h4H,5H2,1-3H3,(H,12,13)(H,14,15). The monoisotopic (exact) mass is 242 g/mol. The predicted molar refractivity (Wildman–Crippen MR) is 61.0 cm³/mol. The Morgan fingerprint density at radius 2 is 1.88 bits per heavy atom. The lowest BCUT2D eigenvalue weighted by molar-refractivity contribution is -0.136. The van der Waals surface area contributed by atoms with Crippen LogP contribution >= 0.6 is 0 Å². The summed E-state index contributed by atoms with van der Waals surface area (Å²) < 4.78 is 20.3. The zero-order valence-corrected chi connectivity index (χ0v) is 10.2. The summed E-state index contributed by atoms with van der Waals surface area (Å²) in [6.45, 7) is 5.23. The lowest BCUT2D eigenvalue weighted by Gasteiger charge is -2.13. The molecule has 0 fully saturated rings. The highest BCUT2D eigenvalue weighted by Crippen LogP contribution is 2.25. The second-order valence-electron chi connectivity index (χ2n) is 3.76. The molecule has 1 aromatic rings. The van der Waals surface area contributed by atoms with E-state index in [1.165, 1.54) is 0 Å². The van der Waals surface area contributed by atoms with Crippen LogP contribution in [0.1, 0.15) is 22.3 Å². The average molecular weight is 242 g/mol. The molecule has 0 aromatic heterocycles. The Labute approximate surface area is 96.6 Å². The fraction of sp³-hybridized carbons (Fsp3) is 0.364. The number of carboxylic acid groups (broad SMARTS) is 1. The second kappa shape index (κ2) is 4.76. The Balaban J connectivity index is 3.44. The number of carbonyl (C=O) groups is 1. The first-order chi connectivity index (χ1) is 7.34. The fourth-order valence-corrected chi connectivity index (χ4v) is 2.62. The summed E-state index contributed by atoms with van der Waals surface area (Å²) in [6, 6.07) is 1.74. The molecule has 16 heavy (non-hydrogen) atoms. The van der Waals surface area contributed by atoms with Gasteiger partial charge in [-0.1, -0.05) is 6.07 Å². The van der Waals surface area contributed by atoms with Crippen LogP contribution in [-0.4, -0.2) is 19.8 Å². The smallest absolute Gasteiger partial charge is 0.307 e. The van der Waals surface area contributed by atoms with E-state index in [4.69, 9.17) is 9.66 Å². The maximum atomic E-state index is 11.2. The number of hydrogen-bond acceptors (Lipinski definition) is 2. The van der Waals surface area contributed by atoms with E-state index < -0.39 is 17.0 Å². The first-order valence-corrected chi connectivity index (χ1v) is 5.87. The molecule has 4 nitrogen and oxygen atoms in total. The molecule has 0 heterocycles. The van der Waals surface area contributed by atoms with Gasteiger partial charge in [-0.25, -0.2) is 4.21 Å². The Hall–Kier alpha value is -1.20. The lowest BCUT2D eigenvalue weighted by Crippen LogP contribution is -2.08. The van der Waals surface area contributed by atoms with Crippen LogP contribution in [0, 0.1) is 20.8 Å². The summed E-state index contributed by atoms with van der Waals surface area (Å²) in [5, 5.41) is 8.78. The van der Waals surface area contributed by atoms with E-state index in [0.29, 0.717) is 21.6 Å².